The summed E-state index contributed by atoms with van der Waals surface area (Å²) >= 11 is 0. The Bertz CT molecular complexity index is 1100. The number of likely N-dealkylation sites (tertiary alicyclic amines) is 1. The van der Waals surface area contributed by atoms with Crippen molar-refractivity contribution in [1.82, 2.24) is 34.4 Å². The fourth-order valence-corrected chi connectivity index (χ4v) is 4.73. The second-order valence-electron chi connectivity index (χ2n) is 8.33. The Morgan fingerprint density at radius 2 is 2.10 bits per heavy atom. The second kappa shape index (κ2) is 8.14. The number of anilines is 1. The van der Waals surface area contributed by atoms with Crippen LogP contribution in [0.15, 0.2) is 23.4 Å². The molecule has 9 heteroatoms. The van der Waals surface area contributed by atoms with Crippen LogP contribution in [0.1, 0.15) is 36.9 Å². The zero-order chi connectivity index (χ0) is 20.5. The molecule has 0 radical (unpaired) electrons. The van der Waals surface area contributed by atoms with E-state index in [9.17, 15) is 4.79 Å². The summed E-state index contributed by atoms with van der Waals surface area (Å²) in [5.74, 6) is 0.829. The highest BCUT2D eigenvalue weighted by Gasteiger charge is 2.23. The number of aromatic nitrogens is 6. The van der Waals surface area contributed by atoms with Crippen LogP contribution < -0.4 is 10.9 Å². The monoisotopic (exact) mass is 408 g/mol. The Kier molecular flexibility index (Phi) is 5.20. The van der Waals surface area contributed by atoms with Gasteiger partial charge in [-0.1, -0.05) is 6.42 Å². The zero-order valence-corrected chi connectivity index (χ0v) is 17.4. The van der Waals surface area contributed by atoms with Crippen LogP contribution in [0.4, 0.5) is 5.82 Å². The van der Waals surface area contributed by atoms with E-state index in [-0.39, 0.29) is 5.56 Å². The molecule has 1 fully saturated rings. The molecule has 1 aliphatic carbocycles. The van der Waals surface area contributed by atoms with Crippen LogP contribution >= 0.6 is 0 Å². The average Bonchev–Trinajstić information content (AvgIpc) is 3.37. The SMILES string of the molecule is Cn1ncc2c(NCC3CCCCN3CCn3nc4c(cc3=O)CCC4)ncnc21. The molecule has 0 bridgehead atoms. The fourth-order valence-electron chi connectivity index (χ4n) is 4.73. The first-order chi connectivity index (χ1) is 14.7. The Labute approximate surface area is 175 Å². The highest BCUT2D eigenvalue weighted by molar-refractivity contribution is 5.85. The molecule has 0 aromatic carbocycles. The van der Waals surface area contributed by atoms with Crippen LogP contribution in [0.2, 0.25) is 0 Å². The van der Waals surface area contributed by atoms with Crippen LogP contribution in [0.3, 0.4) is 0 Å². The van der Waals surface area contributed by atoms with Gasteiger partial charge in [0, 0.05) is 32.2 Å². The number of nitrogens with one attached hydrogen (secondary N) is 1. The second-order valence-corrected chi connectivity index (χ2v) is 8.33. The van der Waals surface area contributed by atoms with Gasteiger partial charge in [0.25, 0.3) is 5.56 Å². The van der Waals surface area contributed by atoms with E-state index in [4.69, 9.17) is 0 Å². The topological polar surface area (TPSA) is 93.8 Å². The maximum atomic E-state index is 12.4. The molecule has 5 rings (SSSR count). The van der Waals surface area contributed by atoms with Crippen LogP contribution in [-0.4, -0.2) is 60.1 Å². The van der Waals surface area contributed by atoms with Crippen LogP contribution in [0.25, 0.3) is 11.0 Å². The van der Waals surface area contributed by atoms with E-state index < -0.39 is 0 Å². The Balaban J connectivity index is 1.25. The number of fused-ring (bicyclic) bond motifs is 2. The summed E-state index contributed by atoms with van der Waals surface area (Å²) in [7, 11) is 1.89. The summed E-state index contributed by atoms with van der Waals surface area (Å²) in [5.41, 5.74) is 3.11. The lowest BCUT2D eigenvalue weighted by atomic mass is 10.0. The highest BCUT2D eigenvalue weighted by Crippen LogP contribution is 2.21. The first kappa shape index (κ1) is 19.2. The van der Waals surface area contributed by atoms with Crippen molar-refractivity contribution in [1.29, 1.82) is 0 Å². The quantitative estimate of drug-likeness (QED) is 0.658. The third-order valence-corrected chi connectivity index (χ3v) is 6.41. The van der Waals surface area contributed by atoms with Crippen molar-refractivity contribution in [3.8, 4) is 0 Å². The largest absolute Gasteiger partial charge is 0.368 e. The molecule has 1 saturated heterocycles. The molecule has 1 aliphatic heterocycles. The molecular formula is C21H28N8O. The molecule has 0 spiro atoms. The van der Waals surface area contributed by atoms with Gasteiger partial charge in [0.2, 0.25) is 0 Å². The summed E-state index contributed by atoms with van der Waals surface area (Å²) in [4.78, 5) is 23.6. The summed E-state index contributed by atoms with van der Waals surface area (Å²) < 4.78 is 3.42. The van der Waals surface area contributed by atoms with E-state index in [1.807, 2.05) is 13.2 Å². The Morgan fingerprint density at radius 3 is 3.03 bits per heavy atom. The van der Waals surface area contributed by atoms with Crippen molar-refractivity contribution in [2.24, 2.45) is 7.05 Å². The van der Waals surface area contributed by atoms with Crippen molar-refractivity contribution in [3.05, 3.63) is 40.2 Å². The standard InChI is InChI=1S/C21H28N8O/c1-27-21-17(13-25-27)20(23-14-24-21)22-12-16-6-2-3-8-28(16)9-10-29-19(30)11-15-5-4-7-18(15)26-29/h11,13-14,16H,2-10,12H2,1H3,(H,22,23,24). The third-order valence-electron chi connectivity index (χ3n) is 6.41. The van der Waals surface area contributed by atoms with Crippen molar-refractivity contribution in [2.75, 3.05) is 25.0 Å². The van der Waals surface area contributed by atoms with Crippen molar-refractivity contribution < 1.29 is 0 Å². The molecule has 3 aromatic rings. The molecule has 3 aromatic heterocycles. The minimum atomic E-state index is 0.0299. The van der Waals surface area contributed by atoms with Gasteiger partial charge in [-0.2, -0.15) is 10.2 Å². The first-order valence-electron chi connectivity index (χ1n) is 10.9. The Hall–Kier alpha value is -2.81. The van der Waals surface area contributed by atoms with Gasteiger partial charge in [0.1, 0.15) is 12.1 Å². The van der Waals surface area contributed by atoms with E-state index in [0.29, 0.717) is 12.6 Å². The van der Waals surface area contributed by atoms with Crippen molar-refractivity contribution >= 4 is 16.9 Å². The number of piperidine rings is 1. The average molecular weight is 409 g/mol. The van der Waals surface area contributed by atoms with Crippen LogP contribution in [0, 0.1) is 0 Å². The lowest BCUT2D eigenvalue weighted by molar-refractivity contribution is 0.148. The van der Waals surface area contributed by atoms with E-state index in [1.54, 1.807) is 21.8 Å². The molecule has 158 valence electrons. The van der Waals surface area contributed by atoms with E-state index >= 15 is 0 Å². The number of rotatable bonds is 6. The predicted molar refractivity (Wildman–Crippen MR) is 115 cm³/mol. The summed E-state index contributed by atoms with van der Waals surface area (Å²) in [6.07, 6.45) is 10.0. The fraction of sp³-hybridized carbons (Fsp3) is 0.571. The van der Waals surface area contributed by atoms with Gasteiger partial charge in [0.05, 0.1) is 23.8 Å². The molecule has 0 amide bonds. The van der Waals surface area contributed by atoms with Gasteiger partial charge in [-0.05, 0) is 44.2 Å². The maximum absolute atomic E-state index is 12.4. The van der Waals surface area contributed by atoms with Gasteiger partial charge in [-0.15, -0.1) is 0 Å². The predicted octanol–water partition coefficient (Wildman–Crippen LogP) is 1.38. The number of nitrogens with zero attached hydrogens (tertiary/aromatic N) is 7. The third kappa shape index (κ3) is 3.69. The molecule has 1 atom stereocenters. The first-order valence-corrected chi connectivity index (χ1v) is 10.9. The maximum Gasteiger partial charge on any atom is 0.267 e. The molecule has 2 aliphatic rings. The van der Waals surface area contributed by atoms with Crippen molar-refractivity contribution in [3.63, 3.8) is 0 Å². The molecular weight excluding hydrogens is 380 g/mol. The number of aryl methyl sites for hydroxylation is 3. The summed E-state index contributed by atoms with van der Waals surface area (Å²) in [6.45, 7) is 3.35. The van der Waals surface area contributed by atoms with Gasteiger partial charge in [-0.25, -0.2) is 14.6 Å². The smallest absolute Gasteiger partial charge is 0.267 e. The lowest BCUT2D eigenvalue weighted by Gasteiger charge is -2.36. The Morgan fingerprint density at radius 1 is 1.17 bits per heavy atom. The molecule has 1 N–H and O–H groups in total. The van der Waals surface area contributed by atoms with Gasteiger partial charge in [0.15, 0.2) is 5.65 Å². The molecule has 1 unspecified atom stereocenters. The van der Waals surface area contributed by atoms with Crippen molar-refractivity contribution in [2.45, 2.75) is 51.1 Å². The molecule has 0 saturated carbocycles. The molecule has 30 heavy (non-hydrogen) atoms. The highest BCUT2D eigenvalue weighted by atomic mass is 16.1. The normalized spacial score (nSPS) is 19.3. The molecule has 9 nitrogen and oxygen atoms in total. The van der Waals surface area contributed by atoms with E-state index in [2.05, 4.69) is 30.4 Å². The lowest BCUT2D eigenvalue weighted by Crippen LogP contribution is -2.45. The minimum absolute atomic E-state index is 0.0299. The number of hydrogen-bond acceptors (Lipinski definition) is 7. The van der Waals surface area contributed by atoms with E-state index in [0.717, 1.165) is 73.4 Å². The molecule has 4 heterocycles. The van der Waals surface area contributed by atoms with Crippen LogP contribution in [-0.2, 0) is 26.4 Å². The van der Waals surface area contributed by atoms with Gasteiger partial charge >= 0.3 is 0 Å². The van der Waals surface area contributed by atoms with Gasteiger partial charge < -0.3 is 5.32 Å². The van der Waals surface area contributed by atoms with Crippen LogP contribution in [0.5, 0.6) is 0 Å². The summed E-state index contributed by atoms with van der Waals surface area (Å²) in [6, 6.07) is 2.20. The zero-order valence-electron chi connectivity index (χ0n) is 17.4. The van der Waals surface area contributed by atoms with E-state index in [1.165, 1.54) is 12.8 Å². The minimum Gasteiger partial charge on any atom is -0.368 e. The van der Waals surface area contributed by atoms with Gasteiger partial charge in [-0.3, -0.25) is 14.4 Å². The number of hydrogen-bond donors (Lipinski definition) is 1. The summed E-state index contributed by atoms with van der Waals surface area (Å²) in [5, 5.41) is 13.4.